The Hall–Kier alpha value is -2.78. The number of hydrogen-bond donors (Lipinski definition) is 2. The summed E-state index contributed by atoms with van der Waals surface area (Å²) in [6.07, 6.45) is 3.23. The Labute approximate surface area is 161 Å². The first-order chi connectivity index (χ1) is 12.5. The molecule has 0 saturated heterocycles. The van der Waals surface area contributed by atoms with Gasteiger partial charge in [0, 0.05) is 18.8 Å². The van der Waals surface area contributed by atoms with E-state index < -0.39 is 0 Å². The van der Waals surface area contributed by atoms with Crippen molar-refractivity contribution in [1.29, 1.82) is 0 Å². The van der Waals surface area contributed by atoms with E-state index in [1.807, 2.05) is 0 Å². The number of anilines is 2. The molecule has 0 fully saturated rings. The number of carbonyl (C=O) groups is 1. The Bertz CT molecular complexity index is 802. The first-order valence-corrected chi connectivity index (χ1v) is 8.92. The summed E-state index contributed by atoms with van der Waals surface area (Å²) in [4.78, 5) is 18.1. The number of hydrazone groups is 1. The van der Waals surface area contributed by atoms with Gasteiger partial charge in [-0.2, -0.15) is 5.10 Å². The van der Waals surface area contributed by atoms with Crippen LogP contribution in [0, 0.1) is 0 Å². The topological polar surface area (TPSA) is 78.9 Å². The number of carbonyl (C=O) groups excluding carboxylic acids is 1. The summed E-state index contributed by atoms with van der Waals surface area (Å²) in [5, 5.41) is 9.66. The van der Waals surface area contributed by atoms with E-state index in [4.69, 9.17) is 17.0 Å². The van der Waals surface area contributed by atoms with Crippen molar-refractivity contribution in [3.05, 3.63) is 48.0 Å². The molecule has 0 aliphatic rings. The molecule has 136 valence electrons. The Kier molecular flexibility index (Phi) is 7.24. The lowest BCUT2D eigenvalue weighted by molar-refractivity contribution is -0.115. The minimum atomic E-state index is -0.138. The van der Waals surface area contributed by atoms with Gasteiger partial charge in [0.25, 0.3) is 0 Å². The maximum Gasteiger partial charge on any atom is 0.230 e. The van der Waals surface area contributed by atoms with Crippen molar-refractivity contribution in [2.45, 2.75) is 6.92 Å². The van der Waals surface area contributed by atoms with Gasteiger partial charge in [-0.25, -0.2) is 4.98 Å². The van der Waals surface area contributed by atoms with Crippen LogP contribution in [0.15, 0.2) is 47.4 Å². The van der Waals surface area contributed by atoms with Crippen molar-refractivity contribution in [2.24, 2.45) is 5.10 Å². The van der Waals surface area contributed by atoms with Gasteiger partial charge in [-0.3, -0.25) is 15.1 Å². The zero-order chi connectivity index (χ0) is 18.9. The van der Waals surface area contributed by atoms with E-state index in [1.165, 1.54) is 29.4 Å². The fraction of sp³-hybridized carbons (Fsp3) is 0.176. The van der Waals surface area contributed by atoms with E-state index in [0.29, 0.717) is 28.2 Å². The van der Waals surface area contributed by atoms with Gasteiger partial charge in [0.2, 0.25) is 5.91 Å². The molecule has 0 aliphatic carbocycles. The second-order valence-electron chi connectivity index (χ2n) is 4.98. The van der Waals surface area contributed by atoms with Gasteiger partial charge < -0.3 is 10.1 Å². The first kappa shape index (κ1) is 19.5. The molecule has 0 bridgehead atoms. The SMILES string of the molecule is C=CCNC(=S)N/N=C\c1csc(N(C(C)=O)c2ccc(OC)cc2)n1. The maximum atomic E-state index is 12.1. The van der Waals surface area contributed by atoms with Gasteiger partial charge in [0.05, 0.1) is 24.7 Å². The number of nitrogens with one attached hydrogen (secondary N) is 2. The molecule has 0 saturated carbocycles. The zero-order valence-electron chi connectivity index (χ0n) is 14.4. The highest BCUT2D eigenvalue weighted by Crippen LogP contribution is 2.29. The number of benzene rings is 1. The Morgan fingerprint density at radius 2 is 2.19 bits per heavy atom. The van der Waals surface area contributed by atoms with Gasteiger partial charge in [-0.1, -0.05) is 6.08 Å². The van der Waals surface area contributed by atoms with Crippen LogP contribution in [0.5, 0.6) is 5.75 Å². The largest absolute Gasteiger partial charge is 0.497 e. The number of methoxy groups -OCH3 is 1. The molecule has 1 heterocycles. The lowest BCUT2D eigenvalue weighted by Gasteiger charge is -2.18. The molecule has 1 amide bonds. The summed E-state index contributed by atoms with van der Waals surface area (Å²) in [7, 11) is 1.59. The third kappa shape index (κ3) is 5.36. The van der Waals surface area contributed by atoms with Gasteiger partial charge in [0.15, 0.2) is 10.2 Å². The van der Waals surface area contributed by atoms with Crippen LogP contribution in [0.25, 0.3) is 0 Å². The summed E-state index contributed by atoms with van der Waals surface area (Å²) < 4.78 is 5.15. The van der Waals surface area contributed by atoms with E-state index in [9.17, 15) is 4.79 Å². The highest BCUT2D eigenvalue weighted by Gasteiger charge is 2.17. The fourth-order valence-electron chi connectivity index (χ4n) is 1.96. The van der Waals surface area contributed by atoms with Crippen LogP contribution in [0.2, 0.25) is 0 Å². The fourth-order valence-corrected chi connectivity index (χ4v) is 2.93. The molecule has 26 heavy (non-hydrogen) atoms. The minimum Gasteiger partial charge on any atom is -0.497 e. The molecule has 2 N–H and O–H groups in total. The van der Waals surface area contributed by atoms with Crippen LogP contribution < -0.4 is 20.4 Å². The summed E-state index contributed by atoms with van der Waals surface area (Å²) >= 11 is 6.38. The highest BCUT2D eigenvalue weighted by molar-refractivity contribution is 7.80. The molecule has 0 unspecified atom stereocenters. The summed E-state index contributed by atoms with van der Waals surface area (Å²) in [6.45, 7) is 5.64. The van der Waals surface area contributed by atoms with Crippen molar-refractivity contribution in [2.75, 3.05) is 18.6 Å². The van der Waals surface area contributed by atoms with Crippen molar-refractivity contribution in [1.82, 2.24) is 15.7 Å². The first-order valence-electron chi connectivity index (χ1n) is 7.63. The average Bonchev–Trinajstić information content (AvgIpc) is 3.08. The number of nitrogens with zero attached hydrogens (tertiary/aromatic N) is 3. The smallest absolute Gasteiger partial charge is 0.230 e. The van der Waals surface area contributed by atoms with E-state index in [0.717, 1.165) is 5.75 Å². The monoisotopic (exact) mass is 389 g/mol. The number of rotatable bonds is 7. The highest BCUT2D eigenvalue weighted by atomic mass is 32.1. The van der Waals surface area contributed by atoms with Gasteiger partial charge in [-0.15, -0.1) is 17.9 Å². The molecular formula is C17H19N5O2S2. The standard InChI is InChI=1S/C17H19N5O2S2/c1-4-9-18-16(25)21-19-10-13-11-26-17(20-13)22(12(2)23)14-5-7-15(24-3)8-6-14/h4-8,10-11H,1,9H2,2-3H3,(H2,18,21,25)/b19-10-. The molecule has 7 nitrogen and oxygen atoms in total. The Morgan fingerprint density at radius 1 is 1.46 bits per heavy atom. The lowest BCUT2D eigenvalue weighted by atomic mass is 10.3. The molecule has 2 aromatic rings. The molecule has 0 aliphatic heterocycles. The Balaban J connectivity index is 2.10. The molecule has 0 atom stereocenters. The summed E-state index contributed by atoms with van der Waals surface area (Å²) in [5.74, 6) is 0.581. The predicted molar refractivity (Wildman–Crippen MR) is 109 cm³/mol. The third-order valence-electron chi connectivity index (χ3n) is 3.12. The second-order valence-corrected chi connectivity index (χ2v) is 6.22. The molecule has 2 rings (SSSR count). The predicted octanol–water partition coefficient (Wildman–Crippen LogP) is 2.82. The number of aromatic nitrogens is 1. The van der Waals surface area contributed by atoms with Gasteiger partial charge >= 0.3 is 0 Å². The van der Waals surface area contributed by atoms with Crippen LogP contribution >= 0.6 is 23.6 Å². The average molecular weight is 390 g/mol. The van der Waals surface area contributed by atoms with Crippen LogP contribution in [-0.4, -0.2) is 35.9 Å². The minimum absolute atomic E-state index is 0.138. The number of ether oxygens (including phenoxy) is 1. The van der Waals surface area contributed by atoms with E-state index >= 15 is 0 Å². The molecule has 1 aromatic heterocycles. The molecular weight excluding hydrogens is 370 g/mol. The van der Waals surface area contributed by atoms with Crippen LogP contribution in [0.4, 0.5) is 10.8 Å². The van der Waals surface area contributed by atoms with Crippen molar-refractivity contribution in [3.8, 4) is 5.75 Å². The van der Waals surface area contributed by atoms with Crippen molar-refractivity contribution >= 4 is 51.6 Å². The number of thiazole rings is 1. The number of hydrogen-bond acceptors (Lipinski definition) is 6. The summed E-state index contributed by atoms with van der Waals surface area (Å²) in [6, 6.07) is 7.20. The number of amides is 1. The van der Waals surface area contributed by atoms with Crippen LogP contribution in [0.1, 0.15) is 12.6 Å². The molecule has 9 heteroatoms. The van der Waals surface area contributed by atoms with Crippen molar-refractivity contribution in [3.63, 3.8) is 0 Å². The third-order valence-corrected chi connectivity index (χ3v) is 4.20. The quantitative estimate of drug-likeness (QED) is 0.328. The van der Waals surface area contributed by atoms with Gasteiger partial charge in [-0.05, 0) is 36.5 Å². The second kappa shape index (κ2) is 9.64. The van der Waals surface area contributed by atoms with Crippen LogP contribution in [-0.2, 0) is 4.79 Å². The zero-order valence-corrected chi connectivity index (χ0v) is 16.1. The van der Waals surface area contributed by atoms with Gasteiger partial charge in [0.1, 0.15) is 5.75 Å². The Morgan fingerprint density at radius 3 is 2.81 bits per heavy atom. The normalized spacial score (nSPS) is 10.4. The van der Waals surface area contributed by atoms with Crippen LogP contribution in [0.3, 0.4) is 0 Å². The van der Waals surface area contributed by atoms with Crippen molar-refractivity contribution < 1.29 is 9.53 Å². The van der Waals surface area contributed by atoms with E-state index in [2.05, 4.69) is 27.4 Å². The molecule has 1 aromatic carbocycles. The van der Waals surface area contributed by atoms with E-state index in [1.54, 1.807) is 42.8 Å². The lowest BCUT2D eigenvalue weighted by Crippen LogP contribution is -2.31. The molecule has 0 radical (unpaired) electrons. The van der Waals surface area contributed by atoms with E-state index in [-0.39, 0.29) is 5.91 Å². The summed E-state index contributed by atoms with van der Waals surface area (Å²) in [5.41, 5.74) is 4.01. The maximum absolute atomic E-state index is 12.1. The number of thiocarbonyl (C=S) groups is 1. The molecule has 0 spiro atoms.